The van der Waals surface area contributed by atoms with Crippen LogP contribution in [0.2, 0.25) is 0 Å². The van der Waals surface area contributed by atoms with E-state index in [1.165, 1.54) is 44.9 Å². The molecule has 1 aromatic rings. The third-order valence-corrected chi connectivity index (χ3v) is 5.62. The molecule has 1 unspecified atom stereocenters. The molecule has 150 valence electrons. The first-order chi connectivity index (χ1) is 12.6. The summed E-state index contributed by atoms with van der Waals surface area (Å²) >= 11 is 1.12. The van der Waals surface area contributed by atoms with E-state index in [4.69, 9.17) is 0 Å². The molecule has 26 heavy (non-hydrogen) atoms. The van der Waals surface area contributed by atoms with Gasteiger partial charge in [-0.25, -0.2) is 0 Å². The van der Waals surface area contributed by atoms with E-state index in [1.54, 1.807) is 0 Å². The van der Waals surface area contributed by atoms with Gasteiger partial charge in [-0.1, -0.05) is 88.2 Å². The van der Waals surface area contributed by atoms with Crippen molar-refractivity contribution in [3.63, 3.8) is 0 Å². The van der Waals surface area contributed by atoms with Gasteiger partial charge >= 0.3 is 4.87 Å². The number of aryl methyl sites for hydroxylation is 1. The summed E-state index contributed by atoms with van der Waals surface area (Å²) in [7, 11) is 0. The number of aromatic amines is 1. The Bertz CT molecular complexity index is 536. The van der Waals surface area contributed by atoms with Gasteiger partial charge in [0.25, 0.3) is 0 Å². The fourth-order valence-corrected chi connectivity index (χ4v) is 3.84. The fourth-order valence-electron chi connectivity index (χ4n) is 3.07. The molecule has 4 nitrogen and oxygen atoms in total. The molecule has 1 heterocycles. The Labute approximate surface area is 162 Å². The quantitative estimate of drug-likeness (QED) is 0.253. The average molecular weight is 384 g/mol. The topological polar surface area (TPSA) is 73.3 Å². The highest BCUT2D eigenvalue weighted by atomic mass is 32.1. The Morgan fingerprint density at radius 3 is 2.19 bits per heavy atom. The van der Waals surface area contributed by atoms with E-state index >= 15 is 0 Å². The van der Waals surface area contributed by atoms with E-state index in [2.05, 4.69) is 18.0 Å². The molecule has 0 amide bonds. The molecule has 0 spiro atoms. The van der Waals surface area contributed by atoms with Crippen molar-refractivity contribution in [2.45, 2.75) is 103 Å². The van der Waals surface area contributed by atoms with E-state index in [9.17, 15) is 15.0 Å². The molecule has 3 N–H and O–H groups in total. The molecular formula is C21H37NO3S. The lowest BCUT2D eigenvalue weighted by Crippen LogP contribution is -2.00. The number of unbranched alkanes of at least 4 members (excludes halogenated alkanes) is 10. The number of aromatic nitrogens is 1. The van der Waals surface area contributed by atoms with Gasteiger partial charge < -0.3 is 10.2 Å². The van der Waals surface area contributed by atoms with Gasteiger partial charge in [0, 0.05) is 0 Å². The van der Waals surface area contributed by atoms with Crippen molar-refractivity contribution in [1.29, 1.82) is 0 Å². The van der Waals surface area contributed by atoms with Gasteiger partial charge in [0.1, 0.15) is 0 Å². The standard InChI is InChI=1S/C21H37NO3S/c1-2-3-15-18(23)16-13-11-9-7-5-4-6-8-10-12-14-17-19-20(24)22-21(25)26-19/h13,16,18,23-24H,2-12,14-15,17H2,1H3,(H,22,25). The Morgan fingerprint density at radius 2 is 1.62 bits per heavy atom. The van der Waals surface area contributed by atoms with E-state index < -0.39 is 0 Å². The molecular weight excluding hydrogens is 346 g/mol. The molecule has 0 radical (unpaired) electrons. The molecule has 0 saturated carbocycles. The van der Waals surface area contributed by atoms with Crippen LogP contribution in [0.15, 0.2) is 16.9 Å². The molecule has 0 saturated heterocycles. The third-order valence-electron chi connectivity index (χ3n) is 4.69. The maximum absolute atomic E-state index is 11.1. The van der Waals surface area contributed by atoms with Crippen LogP contribution in [0.25, 0.3) is 0 Å². The molecule has 0 fully saturated rings. The van der Waals surface area contributed by atoms with Gasteiger partial charge in [-0.05, 0) is 32.1 Å². The summed E-state index contributed by atoms with van der Waals surface area (Å²) < 4.78 is 0. The molecule has 0 bridgehead atoms. The van der Waals surface area contributed by atoms with Crippen molar-refractivity contribution >= 4 is 11.3 Å². The SMILES string of the molecule is CCCCC(O)C=CCCCCCCCCCCCc1sc(=O)[nH]c1O. The number of thiazole rings is 1. The second-order valence-corrected chi connectivity index (χ2v) is 8.21. The molecule has 5 heteroatoms. The zero-order chi connectivity index (χ0) is 19.0. The normalized spacial score (nSPS) is 12.8. The maximum Gasteiger partial charge on any atom is 0.307 e. The predicted octanol–water partition coefficient (Wildman–Crippen LogP) is 5.69. The first-order valence-electron chi connectivity index (χ1n) is 10.4. The van der Waals surface area contributed by atoms with Gasteiger partial charge in [-0.2, -0.15) is 0 Å². The molecule has 0 aliphatic rings. The summed E-state index contributed by atoms with van der Waals surface area (Å²) in [4.78, 5) is 14.1. The number of hydrogen-bond acceptors (Lipinski definition) is 4. The molecule has 0 aliphatic carbocycles. The largest absolute Gasteiger partial charge is 0.494 e. The summed E-state index contributed by atoms with van der Waals surface area (Å²) in [6.45, 7) is 2.15. The highest BCUT2D eigenvalue weighted by Gasteiger charge is 2.05. The molecule has 1 atom stereocenters. The van der Waals surface area contributed by atoms with Crippen molar-refractivity contribution < 1.29 is 10.2 Å². The number of allylic oxidation sites excluding steroid dienone is 1. The predicted molar refractivity (Wildman–Crippen MR) is 111 cm³/mol. The van der Waals surface area contributed by atoms with Crippen LogP contribution in [0.5, 0.6) is 5.88 Å². The first kappa shape index (κ1) is 23.0. The van der Waals surface area contributed by atoms with Gasteiger partial charge in [-0.3, -0.25) is 9.78 Å². The monoisotopic (exact) mass is 383 g/mol. The maximum atomic E-state index is 11.1. The van der Waals surface area contributed by atoms with Crippen LogP contribution < -0.4 is 4.87 Å². The molecule has 0 aliphatic heterocycles. The summed E-state index contributed by atoms with van der Waals surface area (Å²) in [6.07, 6.45) is 20.0. The van der Waals surface area contributed by atoms with Crippen LogP contribution in [-0.2, 0) is 6.42 Å². The van der Waals surface area contributed by atoms with Gasteiger partial charge in [0.05, 0.1) is 11.0 Å². The van der Waals surface area contributed by atoms with Crippen molar-refractivity contribution in [3.05, 3.63) is 26.7 Å². The van der Waals surface area contributed by atoms with Crippen molar-refractivity contribution in [2.75, 3.05) is 0 Å². The van der Waals surface area contributed by atoms with E-state index in [0.29, 0.717) is 0 Å². The number of H-pyrrole nitrogens is 1. The minimum atomic E-state index is -0.251. The van der Waals surface area contributed by atoms with Crippen molar-refractivity contribution in [1.82, 2.24) is 4.98 Å². The second kappa shape index (κ2) is 15.0. The summed E-state index contributed by atoms with van der Waals surface area (Å²) in [5, 5.41) is 19.2. The zero-order valence-corrected chi connectivity index (χ0v) is 17.2. The molecule has 1 aromatic heterocycles. The number of aromatic hydroxyl groups is 1. The second-order valence-electron chi connectivity index (χ2n) is 7.14. The van der Waals surface area contributed by atoms with E-state index in [-0.39, 0.29) is 16.9 Å². The third kappa shape index (κ3) is 11.5. The first-order valence-corrected chi connectivity index (χ1v) is 11.2. The fraction of sp³-hybridized carbons (Fsp3) is 0.762. The number of aliphatic hydroxyl groups is 1. The minimum Gasteiger partial charge on any atom is -0.494 e. The molecule has 1 rings (SSSR count). The number of rotatable bonds is 16. The van der Waals surface area contributed by atoms with Crippen LogP contribution in [0.4, 0.5) is 0 Å². The average Bonchev–Trinajstić information content (AvgIpc) is 2.94. The number of hydrogen-bond donors (Lipinski definition) is 3. The summed E-state index contributed by atoms with van der Waals surface area (Å²) in [6, 6.07) is 0. The summed E-state index contributed by atoms with van der Waals surface area (Å²) in [5.41, 5.74) is 0. The Morgan fingerprint density at radius 1 is 1.00 bits per heavy atom. The highest BCUT2D eigenvalue weighted by Crippen LogP contribution is 2.19. The minimum absolute atomic E-state index is 0.0605. The van der Waals surface area contributed by atoms with E-state index in [1.807, 2.05) is 6.08 Å². The Kier molecular flexibility index (Phi) is 13.3. The van der Waals surface area contributed by atoms with Crippen LogP contribution in [0.3, 0.4) is 0 Å². The van der Waals surface area contributed by atoms with Gasteiger partial charge in [0.15, 0.2) is 0 Å². The van der Waals surface area contributed by atoms with Crippen LogP contribution in [0.1, 0.15) is 95.3 Å². The smallest absolute Gasteiger partial charge is 0.307 e. The Balaban J connectivity index is 1.84. The van der Waals surface area contributed by atoms with Crippen molar-refractivity contribution in [2.24, 2.45) is 0 Å². The van der Waals surface area contributed by atoms with Gasteiger partial charge in [-0.15, -0.1) is 0 Å². The van der Waals surface area contributed by atoms with Crippen LogP contribution >= 0.6 is 11.3 Å². The lowest BCUT2D eigenvalue weighted by Gasteiger charge is -2.03. The highest BCUT2D eigenvalue weighted by molar-refractivity contribution is 7.09. The van der Waals surface area contributed by atoms with Crippen LogP contribution in [0, 0.1) is 0 Å². The lowest BCUT2D eigenvalue weighted by atomic mass is 10.1. The summed E-state index contributed by atoms with van der Waals surface area (Å²) in [5.74, 6) is 0.0605. The molecule has 0 aromatic carbocycles. The number of aliphatic hydroxyl groups excluding tert-OH is 1. The zero-order valence-electron chi connectivity index (χ0n) is 16.3. The Hall–Kier alpha value is -1.07. The van der Waals surface area contributed by atoms with Crippen LogP contribution in [-0.4, -0.2) is 21.3 Å². The lowest BCUT2D eigenvalue weighted by molar-refractivity contribution is 0.209. The number of nitrogens with one attached hydrogen (secondary N) is 1. The van der Waals surface area contributed by atoms with Crippen molar-refractivity contribution in [3.8, 4) is 5.88 Å². The van der Waals surface area contributed by atoms with E-state index in [0.717, 1.165) is 61.2 Å². The van der Waals surface area contributed by atoms with Gasteiger partial charge in [0.2, 0.25) is 5.88 Å².